The first-order chi connectivity index (χ1) is 6.04. The van der Waals surface area contributed by atoms with Gasteiger partial charge in [-0.2, -0.15) is 0 Å². The molecule has 0 heterocycles. The first-order valence-electron chi connectivity index (χ1n) is 3.25. The Labute approximate surface area is 95.0 Å². The molecule has 0 aliphatic carbocycles. The van der Waals surface area contributed by atoms with E-state index in [1.54, 1.807) is 0 Å². The molecular formula is C8H3ClCuO4. The molecule has 14 heavy (non-hydrogen) atoms. The Hall–Kier alpha value is -1.03. The molecule has 0 spiro atoms. The first-order valence-corrected chi connectivity index (χ1v) is 3.63. The fraction of sp³-hybridized carbons (Fsp3) is 0. The van der Waals surface area contributed by atoms with Crippen molar-refractivity contribution in [1.82, 2.24) is 0 Å². The van der Waals surface area contributed by atoms with Crippen LogP contribution in [0.2, 0.25) is 5.02 Å². The van der Waals surface area contributed by atoms with Crippen molar-refractivity contribution in [2.24, 2.45) is 0 Å². The van der Waals surface area contributed by atoms with Crippen LogP contribution >= 0.6 is 11.6 Å². The summed E-state index contributed by atoms with van der Waals surface area (Å²) in [5, 5.41) is 20.7. The summed E-state index contributed by atoms with van der Waals surface area (Å²) in [6.07, 6.45) is 0. The summed E-state index contributed by atoms with van der Waals surface area (Å²) in [5.41, 5.74) is -1.03. The minimum atomic E-state index is -1.63. The van der Waals surface area contributed by atoms with E-state index in [2.05, 4.69) is 0 Å². The summed E-state index contributed by atoms with van der Waals surface area (Å²) in [7, 11) is 0. The van der Waals surface area contributed by atoms with Gasteiger partial charge in [0.15, 0.2) is 0 Å². The Morgan fingerprint density at radius 3 is 2.07 bits per heavy atom. The van der Waals surface area contributed by atoms with E-state index in [0.717, 1.165) is 6.07 Å². The summed E-state index contributed by atoms with van der Waals surface area (Å²) in [4.78, 5) is 20.9. The number of benzene rings is 1. The Morgan fingerprint density at radius 1 is 1.14 bits per heavy atom. The molecule has 0 fully saturated rings. The van der Waals surface area contributed by atoms with Crippen LogP contribution in [0.25, 0.3) is 0 Å². The van der Waals surface area contributed by atoms with E-state index in [-0.39, 0.29) is 22.1 Å². The molecule has 0 unspecified atom stereocenters. The zero-order valence-corrected chi connectivity index (χ0v) is 8.24. The Bertz CT molecular complexity index is 378. The number of halogens is 1. The van der Waals surface area contributed by atoms with Gasteiger partial charge in [-0.25, -0.2) is 0 Å². The van der Waals surface area contributed by atoms with E-state index in [1.807, 2.05) is 0 Å². The van der Waals surface area contributed by atoms with Gasteiger partial charge in [0, 0.05) is 11.1 Å². The van der Waals surface area contributed by atoms with Gasteiger partial charge in [-0.05, 0) is 6.07 Å². The molecular weight excluding hydrogens is 259 g/mol. The second-order valence-electron chi connectivity index (χ2n) is 2.24. The third kappa shape index (κ3) is 2.48. The van der Waals surface area contributed by atoms with E-state index in [9.17, 15) is 19.8 Å². The van der Waals surface area contributed by atoms with Crippen LogP contribution < -0.4 is 10.2 Å². The van der Waals surface area contributed by atoms with Crippen molar-refractivity contribution in [2.75, 3.05) is 0 Å². The van der Waals surface area contributed by atoms with Crippen molar-refractivity contribution in [3.63, 3.8) is 0 Å². The predicted molar refractivity (Wildman–Crippen MR) is 40.1 cm³/mol. The monoisotopic (exact) mass is 261 g/mol. The van der Waals surface area contributed by atoms with Gasteiger partial charge in [-0.15, -0.1) is 0 Å². The Morgan fingerprint density at radius 2 is 1.71 bits per heavy atom. The van der Waals surface area contributed by atoms with Crippen LogP contribution in [-0.2, 0) is 17.1 Å². The second kappa shape index (κ2) is 5.00. The summed E-state index contributed by atoms with van der Waals surface area (Å²) in [6.45, 7) is 0. The average Bonchev–Trinajstić information content (AvgIpc) is 2.02. The van der Waals surface area contributed by atoms with Gasteiger partial charge >= 0.3 is 17.1 Å². The van der Waals surface area contributed by atoms with Crippen molar-refractivity contribution in [1.29, 1.82) is 0 Å². The van der Waals surface area contributed by atoms with Crippen molar-refractivity contribution in [3.8, 4) is 0 Å². The van der Waals surface area contributed by atoms with Crippen LogP contribution in [-0.4, -0.2) is 11.9 Å². The molecule has 0 saturated carbocycles. The molecule has 1 radical (unpaired) electrons. The number of carboxylic acids is 2. The molecule has 4 nitrogen and oxygen atoms in total. The van der Waals surface area contributed by atoms with Crippen molar-refractivity contribution >= 4 is 23.5 Å². The van der Waals surface area contributed by atoms with Gasteiger partial charge in [0.1, 0.15) is 0 Å². The molecule has 0 atom stereocenters. The number of hydrogen-bond donors (Lipinski definition) is 0. The molecule has 6 heteroatoms. The molecule has 0 aliphatic rings. The molecule has 0 aromatic heterocycles. The number of hydrogen-bond acceptors (Lipinski definition) is 4. The number of carboxylic acid groups (broad SMARTS) is 2. The van der Waals surface area contributed by atoms with Gasteiger partial charge in [0.05, 0.1) is 17.0 Å². The maximum atomic E-state index is 10.5. The second-order valence-corrected chi connectivity index (χ2v) is 2.64. The van der Waals surface area contributed by atoms with Crippen LogP contribution in [0.15, 0.2) is 18.2 Å². The van der Waals surface area contributed by atoms with E-state index < -0.39 is 23.1 Å². The molecule has 1 aromatic rings. The van der Waals surface area contributed by atoms with Crippen molar-refractivity contribution in [3.05, 3.63) is 34.3 Å². The van der Waals surface area contributed by atoms with Gasteiger partial charge < -0.3 is 19.8 Å². The standard InChI is InChI=1S/C8H5ClO4.Cu/c9-5-3-1-2-4(7(10)11)6(5)8(12)13;/h1-3H,(H,10,11)(H,12,13);/q;+2/p-2. The molecule has 0 N–H and O–H groups in total. The van der Waals surface area contributed by atoms with Gasteiger partial charge in [-0.3, -0.25) is 0 Å². The molecule has 0 aliphatic heterocycles. The first kappa shape index (κ1) is 13.0. The molecule has 1 rings (SSSR count). The van der Waals surface area contributed by atoms with Crippen LogP contribution in [0.1, 0.15) is 20.7 Å². The van der Waals surface area contributed by atoms with E-state index in [4.69, 9.17) is 11.6 Å². The third-order valence-electron chi connectivity index (χ3n) is 1.44. The van der Waals surface area contributed by atoms with Crippen molar-refractivity contribution in [2.45, 2.75) is 0 Å². The van der Waals surface area contributed by atoms with Crippen LogP contribution in [0, 0.1) is 0 Å². The van der Waals surface area contributed by atoms with Crippen LogP contribution in [0.5, 0.6) is 0 Å². The van der Waals surface area contributed by atoms with E-state index in [1.165, 1.54) is 12.1 Å². The zero-order valence-electron chi connectivity index (χ0n) is 6.54. The fourth-order valence-corrected chi connectivity index (χ4v) is 1.15. The number of carbonyl (C=O) groups is 2. The van der Waals surface area contributed by atoms with Gasteiger partial charge in [0.2, 0.25) is 0 Å². The summed E-state index contributed by atoms with van der Waals surface area (Å²) in [5.74, 6) is -3.23. The van der Waals surface area contributed by atoms with Crippen LogP contribution in [0.3, 0.4) is 0 Å². The smallest absolute Gasteiger partial charge is 0.545 e. The summed E-state index contributed by atoms with van der Waals surface area (Å²) in [6, 6.07) is 3.67. The molecule has 77 valence electrons. The average molecular weight is 262 g/mol. The Balaban J connectivity index is 0.00000169. The van der Waals surface area contributed by atoms with E-state index >= 15 is 0 Å². The topological polar surface area (TPSA) is 80.3 Å². The maximum Gasteiger partial charge on any atom is 2.00 e. The quantitative estimate of drug-likeness (QED) is 0.644. The zero-order chi connectivity index (χ0) is 10.0. The third-order valence-corrected chi connectivity index (χ3v) is 1.75. The molecule has 1 aromatic carbocycles. The maximum absolute atomic E-state index is 10.5. The summed E-state index contributed by atoms with van der Waals surface area (Å²) < 4.78 is 0. The van der Waals surface area contributed by atoms with Crippen molar-refractivity contribution < 1.29 is 36.9 Å². The fourth-order valence-electron chi connectivity index (χ4n) is 0.902. The number of carbonyl (C=O) groups excluding carboxylic acids is 2. The molecule has 0 bridgehead atoms. The molecule has 0 amide bonds. The molecule has 0 saturated heterocycles. The minimum Gasteiger partial charge on any atom is -0.545 e. The number of aromatic carboxylic acids is 2. The van der Waals surface area contributed by atoms with Gasteiger partial charge in [0.25, 0.3) is 0 Å². The SMILES string of the molecule is O=C([O-])c1cccc(Cl)c1C(=O)[O-].[Cu+2]. The van der Waals surface area contributed by atoms with E-state index in [0.29, 0.717) is 0 Å². The van der Waals surface area contributed by atoms with Gasteiger partial charge in [-0.1, -0.05) is 23.7 Å². The predicted octanol–water partition coefficient (Wildman–Crippen LogP) is -0.935. The minimum absolute atomic E-state index is 0. The largest absolute Gasteiger partial charge is 2.00 e. The van der Waals surface area contributed by atoms with Crippen LogP contribution in [0.4, 0.5) is 0 Å². The normalized spacial score (nSPS) is 8.93. The summed E-state index contributed by atoms with van der Waals surface area (Å²) >= 11 is 5.46. The number of rotatable bonds is 2. The Kier molecular flexibility index (Phi) is 4.63.